The number of nitrogens with zero attached hydrogens (tertiary/aromatic N) is 4. The van der Waals surface area contributed by atoms with Crippen LogP contribution in [0.15, 0.2) is 70.0 Å². The molecule has 0 unspecified atom stereocenters. The first-order valence-corrected chi connectivity index (χ1v) is 19.5. The quantitative estimate of drug-likeness (QED) is 0.0803. The molecular weight excluding hydrogens is 693 g/mol. The number of sulfonamides is 1. The number of ether oxygens (including phenoxy) is 1. The molecule has 1 fully saturated rings. The van der Waals surface area contributed by atoms with E-state index in [0.29, 0.717) is 24.3 Å². The first-order valence-electron chi connectivity index (χ1n) is 17.2. The van der Waals surface area contributed by atoms with E-state index in [1.165, 1.54) is 38.9 Å². The molecule has 0 aliphatic heterocycles. The molecule has 15 heteroatoms. The number of nitrogens with one attached hydrogen (secondary N) is 2. The molecule has 1 saturated carbocycles. The highest BCUT2D eigenvalue weighted by atomic mass is 32.2. The summed E-state index contributed by atoms with van der Waals surface area (Å²) in [4.78, 5) is 33.4. The Kier molecular flexibility index (Phi) is 14.9. The van der Waals surface area contributed by atoms with Crippen molar-refractivity contribution in [2.45, 2.75) is 82.2 Å². The number of oxime groups is 1. The van der Waals surface area contributed by atoms with Gasteiger partial charge in [0.05, 0.1) is 42.1 Å². The minimum absolute atomic E-state index is 0.0454. The van der Waals surface area contributed by atoms with Gasteiger partial charge in [0.2, 0.25) is 15.9 Å². The molecule has 2 aromatic carbocycles. The van der Waals surface area contributed by atoms with Crippen LogP contribution in [0.4, 0.5) is 4.79 Å². The first-order chi connectivity index (χ1) is 24.4. The summed E-state index contributed by atoms with van der Waals surface area (Å²) in [7, 11) is -0.821. The third-order valence-corrected chi connectivity index (χ3v) is 12.0. The minimum Gasteiger partial charge on any atom is -0.411 e. The zero-order valence-corrected chi connectivity index (χ0v) is 31.3. The van der Waals surface area contributed by atoms with Crippen molar-refractivity contribution in [3.8, 4) is 0 Å². The molecule has 3 aromatic rings. The van der Waals surface area contributed by atoms with E-state index in [1.54, 1.807) is 26.3 Å². The molecule has 0 saturated heterocycles. The fraction of sp³-hybridized carbons (Fsp3) is 0.500. The second kappa shape index (κ2) is 19.1. The van der Waals surface area contributed by atoms with Gasteiger partial charge in [-0.25, -0.2) is 18.2 Å². The second-order valence-electron chi connectivity index (χ2n) is 13.1. The van der Waals surface area contributed by atoms with Gasteiger partial charge in [0.15, 0.2) is 0 Å². The molecule has 4 atom stereocenters. The topological polar surface area (TPSA) is 174 Å². The van der Waals surface area contributed by atoms with E-state index in [9.17, 15) is 23.1 Å². The summed E-state index contributed by atoms with van der Waals surface area (Å²) in [5.74, 6) is -0.566. The molecule has 1 aromatic heterocycles. The number of benzene rings is 2. The second-order valence-corrected chi connectivity index (χ2v) is 16.0. The summed E-state index contributed by atoms with van der Waals surface area (Å²) in [6.07, 6.45) is 3.53. The number of rotatable bonds is 19. The molecule has 1 aliphatic rings. The maximum Gasteiger partial charge on any atom is 0.318 e. The molecule has 1 heterocycles. The maximum atomic E-state index is 14.0. The Hall–Kier alpha value is -3.89. The molecule has 0 bridgehead atoms. The van der Waals surface area contributed by atoms with Gasteiger partial charge in [0.25, 0.3) is 0 Å². The Morgan fingerprint density at radius 1 is 1.14 bits per heavy atom. The van der Waals surface area contributed by atoms with E-state index >= 15 is 0 Å². The van der Waals surface area contributed by atoms with Gasteiger partial charge < -0.3 is 30.6 Å². The number of carbonyl (C=O) groups is 2. The smallest absolute Gasteiger partial charge is 0.318 e. The van der Waals surface area contributed by atoms with E-state index in [2.05, 4.69) is 20.8 Å². The van der Waals surface area contributed by atoms with Gasteiger partial charge in [-0.05, 0) is 54.4 Å². The number of thiazole rings is 1. The molecule has 278 valence electrons. The van der Waals surface area contributed by atoms with Crippen LogP contribution in [-0.2, 0) is 39.1 Å². The normalized spacial score (nSPS) is 16.0. The lowest BCUT2D eigenvalue weighted by Crippen LogP contribution is -2.58. The molecule has 51 heavy (non-hydrogen) atoms. The summed E-state index contributed by atoms with van der Waals surface area (Å²) in [6.45, 7) is 4.39. The number of methoxy groups -OCH3 is 1. The van der Waals surface area contributed by atoms with Crippen molar-refractivity contribution in [3.05, 3.63) is 81.8 Å². The molecule has 4 rings (SSSR count). The lowest BCUT2D eigenvalue weighted by Gasteiger charge is -2.35. The Bertz CT molecular complexity index is 1680. The molecule has 1 aliphatic carbocycles. The van der Waals surface area contributed by atoms with Crippen LogP contribution in [0.25, 0.3) is 0 Å². The molecule has 0 radical (unpaired) electrons. The lowest BCUT2D eigenvalue weighted by atomic mass is 9.85. The fourth-order valence-corrected chi connectivity index (χ4v) is 8.10. The van der Waals surface area contributed by atoms with Crippen molar-refractivity contribution in [2.24, 2.45) is 17.0 Å². The van der Waals surface area contributed by atoms with E-state index in [-0.39, 0.29) is 42.8 Å². The highest BCUT2D eigenvalue weighted by Gasteiger charge is 2.35. The van der Waals surface area contributed by atoms with Crippen LogP contribution in [0, 0.1) is 11.8 Å². The van der Waals surface area contributed by atoms with Crippen molar-refractivity contribution in [1.29, 1.82) is 0 Å². The molecular formula is C36H50N6O7S2. The van der Waals surface area contributed by atoms with Gasteiger partial charge in [-0.1, -0.05) is 74.3 Å². The summed E-state index contributed by atoms with van der Waals surface area (Å²) < 4.78 is 34.4. The van der Waals surface area contributed by atoms with Crippen molar-refractivity contribution in [2.75, 3.05) is 27.2 Å². The van der Waals surface area contributed by atoms with Crippen LogP contribution in [0.2, 0.25) is 0 Å². The van der Waals surface area contributed by atoms with Gasteiger partial charge in [0.1, 0.15) is 11.0 Å². The van der Waals surface area contributed by atoms with Crippen LogP contribution in [0.5, 0.6) is 0 Å². The molecule has 4 N–H and O–H groups in total. The number of urea groups is 1. The van der Waals surface area contributed by atoms with Crippen molar-refractivity contribution < 1.29 is 33.1 Å². The highest BCUT2D eigenvalue weighted by molar-refractivity contribution is 7.89. The van der Waals surface area contributed by atoms with Crippen LogP contribution in [0.3, 0.4) is 0 Å². The van der Waals surface area contributed by atoms with Gasteiger partial charge in [0, 0.05) is 32.6 Å². The van der Waals surface area contributed by atoms with E-state index in [0.717, 1.165) is 29.8 Å². The first kappa shape index (κ1) is 39.9. The number of aromatic nitrogens is 1. The Balaban J connectivity index is 1.54. The average Bonchev–Trinajstić information content (AvgIpc) is 3.54. The van der Waals surface area contributed by atoms with E-state index < -0.39 is 40.1 Å². The van der Waals surface area contributed by atoms with Crippen LogP contribution in [-0.4, -0.2) is 96.5 Å². The van der Waals surface area contributed by atoms with Crippen LogP contribution >= 0.6 is 11.3 Å². The number of amides is 3. The SMILES string of the molecule is CC[C@H](C)[C@H](NC(=O)N(C)Cc1csc(COC)n1)C(=O)N[C@@H](Cc1ccccc1)[C@@H](O)CN(CC1CCC1)S(=O)(=O)c1ccc(C=NO)cc1. The van der Waals surface area contributed by atoms with E-state index in [1.807, 2.05) is 49.6 Å². The third kappa shape index (κ3) is 11.3. The molecule has 0 spiro atoms. The number of aliphatic hydroxyl groups is 1. The monoisotopic (exact) mass is 742 g/mol. The zero-order chi connectivity index (χ0) is 37.0. The number of hydrogen-bond donors (Lipinski definition) is 4. The van der Waals surface area contributed by atoms with Crippen molar-refractivity contribution in [1.82, 2.24) is 24.8 Å². The largest absolute Gasteiger partial charge is 0.411 e. The zero-order valence-electron chi connectivity index (χ0n) is 29.6. The standard InChI is InChI=1S/C36H50N6O7S2/c1-5-25(2)34(40-36(45)41(3)21-29-24-50-33(38-29)23-49-4)35(44)39-31(18-26-10-7-6-8-11-26)32(43)22-42(20-28-12-9-13-28)51(47,48)30-16-14-27(15-17-30)19-37-46/h6-8,10-11,14-17,19,24-25,28,31-32,34,43,46H,5,9,12-13,18,20-23H2,1-4H3,(H,39,44)(H,40,45)/t25-,31-,32-,34-/m0/s1. The van der Waals surface area contributed by atoms with Gasteiger partial charge in [-0.15, -0.1) is 11.3 Å². The average molecular weight is 743 g/mol. The van der Waals surface area contributed by atoms with Gasteiger partial charge in [-0.3, -0.25) is 4.79 Å². The van der Waals surface area contributed by atoms with Crippen LogP contribution < -0.4 is 10.6 Å². The predicted octanol–water partition coefficient (Wildman–Crippen LogP) is 4.23. The third-order valence-electron chi connectivity index (χ3n) is 9.28. The Morgan fingerprint density at radius 2 is 1.84 bits per heavy atom. The number of carbonyl (C=O) groups excluding carboxylic acids is 2. The summed E-state index contributed by atoms with van der Waals surface area (Å²) in [6, 6.07) is 13.1. The summed E-state index contributed by atoms with van der Waals surface area (Å²) in [5.41, 5.74) is 2.08. The minimum atomic E-state index is -4.04. The van der Waals surface area contributed by atoms with E-state index in [4.69, 9.17) is 9.94 Å². The summed E-state index contributed by atoms with van der Waals surface area (Å²) in [5, 5.41) is 32.2. The predicted molar refractivity (Wildman–Crippen MR) is 196 cm³/mol. The van der Waals surface area contributed by atoms with Crippen molar-refractivity contribution in [3.63, 3.8) is 0 Å². The maximum absolute atomic E-state index is 14.0. The fourth-order valence-electron chi connectivity index (χ4n) is 5.81. The highest BCUT2D eigenvalue weighted by Crippen LogP contribution is 2.30. The lowest BCUT2D eigenvalue weighted by molar-refractivity contribution is -0.125. The number of aliphatic hydroxyl groups excluding tert-OH is 1. The Morgan fingerprint density at radius 3 is 2.45 bits per heavy atom. The van der Waals surface area contributed by atoms with Crippen LogP contribution in [0.1, 0.15) is 61.4 Å². The summed E-state index contributed by atoms with van der Waals surface area (Å²) >= 11 is 1.44. The molecule has 13 nitrogen and oxygen atoms in total. The number of hydrogen-bond acceptors (Lipinski definition) is 10. The molecule has 3 amide bonds. The van der Waals surface area contributed by atoms with Gasteiger partial charge in [-0.2, -0.15) is 4.31 Å². The van der Waals surface area contributed by atoms with Crippen molar-refractivity contribution >= 4 is 39.5 Å². The van der Waals surface area contributed by atoms with Gasteiger partial charge >= 0.3 is 6.03 Å². The Labute approximate surface area is 304 Å².